The zero-order valence-electron chi connectivity index (χ0n) is 13.0. The van der Waals surface area contributed by atoms with E-state index >= 15 is 0 Å². The van der Waals surface area contributed by atoms with E-state index in [0.29, 0.717) is 23.5 Å². The number of hydrogen-bond acceptors (Lipinski definition) is 5. The van der Waals surface area contributed by atoms with E-state index in [2.05, 4.69) is 25.9 Å². The molecule has 1 aromatic carbocycles. The number of carbonyl (C=O) groups is 2. The molecule has 1 aromatic heterocycles. The van der Waals surface area contributed by atoms with Crippen LogP contribution >= 0.6 is 0 Å². The lowest BCUT2D eigenvalue weighted by atomic mass is 10.0. The molecule has 0 saturated carbocycles. The molecule has 5 N–H and O–H groups in total. The van der Waals surface area contributed by atoms with Crippen molar-refractivity contribution in [3.8, 4) is 0 Å². The second-order valence-electron chi connectivity index (χ2n) is 5.53. The first-order valence-corrected chi connectivity index (χ1v) is 7.60. The minimum atomic E-state index is -0.356. The number of anilines is 2. The summed E-state index contributed by atoms with van der Waals surface area (Å²) in [7, 11) is 0. The van der Waals surface area contributed by atoms with Crippen molar-refractivity contribution < 1.29 is 9.59 Å². The van der Waals surface area contributed by atoms with Gasteiger partial charge in [0.25, 0.3) is 0 Å². The molecule has 1 aliphatic heterocycles. The predicted octanol–water partition coefficient (Wildman–Crippen LogP) is 1.33. The number of nitrogens with one attached hydrogen (secondary N) is 3. The number of nitrogen functional groups attached to an aromatic ring is 1. The van der Waals surface area contributed by atoms with E-state index in [1.807, 2.05) is 18.2 Å². The van der Waals surface area contributed by atoms with Crippen molar-refractivity contribution in [2.75, 3.05) is 11.1 Å². The highest BCUT2D eigenvalue weighted by molar-refractivity contribution is 5.89. The van der Waals surface area contributed by atoms with Gasteiger partial charge in [0.05, 0.1) is 6.04 Å². The fourth-order valence-electron chi connectivity index (χ4n) is 2.55. The fourth-order valence-corrected chi connectivity index (χ4v) is 2.55. The first-order chi connectivity index (χ1) is 11.6. The van der Waals surface area contributed by atoms with E-state index in [0.717, 1.165) is 12.0 Å². The molecule has 0 aliphatic carbocycles. The van der Waals surface area contributed by atoms with E-state index in [1.54, 1.807) is 12.3 Å². The van der Waals surface area contributed by atoms with Gasteiger partial charge in [-0.1, -0.05) is 12.1 Å². The normalized spacial score (nSPS) is 16.5. The molecule has 2 aromatic rings. The largest absolute Gasteiger partial charge is 0.383 e. The predicted molar refractivity (Wildman–Crippen MR) is 88.9 cm³/mol. The molecule has 8 nitrogen and oxygen atoms in total. The molecule has 24 heavy (non-hydrogen) atoms. The molecule has 0 bridgehead atoms. The topological polar surface area (TPSA) is 122 Å². The molecule has 3 rings (SSSR count). The van der Waals surface area contributed by atoms with Gasteiger partial charge in [0.2, 0.25) is 5.91 Å². The second-order valence-corrected chi connectivity index (χ2v) is 5.53. The number of benzene rings is 1. The molecular weight excluding hydrogens is 308 g/mol. The molecule has 1 atom stereocenters. The lowest BCUT2D eigenvalue weighted by Crippen LogP contribution is -2.28. The van der Waals surface area contributed by atoms with Crippen LogP contribution in [0.2, 0.25) is 0 Å². The summed E-state index contributed by atoms with van der Waals surface area (Å²) < 4.78 is 0. The van der Waals surface area contributed by atoms with E-state index < -0.39 is 0 Å². The van der Waals surface area contributed by atoms with Crippen molar-refractivity contribution in [1.82, 2.24) is 20.6 Å². The van der Waals surface area contributed by atoms with Gasteiger partial charge in [-0.2, -0.15) is 0 Å². The summed E-state index contributed by atoms with van der Waals surface area (Å²) in [6.07, 6.45) is 4.21. The molecular formula is C16H18N6O2. The maximum atomic E-state index is 12.0. The van der Waals surface area contributed by atoms with Crippen LogP contribution in [-0.2, 0) is 11.3 Å². The van der Waals surface area contributed by atoms with E-state index in [-0.39, 0.29) is 24.5 Å². The van der Waals surface area contributed by atoms with Crippen molar-refractivity contribution in [1.29, 1.82) is 0 Å². The number of urea groups is 1. The summed E-state index contributed by atoms with van der Waals surface area (Å²) in [6.45, 7) is 0.233. The first-order valence-electron chi connectivity index (χ1n) is 7.60. The summed E-state index contributed by atoms with van der Waals surface area (Å²) in [4.78, 5) is 31.1. The van der Waals surface area contributed by atoms with Crippen LogP contribution in [0.1, 0.15) is 30.0 Å². The summed E-state index contributed by atoms with van der Waals surface area (Å²) in [5.74, 6) is 0.392. The summed E-state index contributed by atoms with van der Waals surface area (Å²) >= 11 is 0. The number of nitrogens with two attached hydrogens (primary N) is 1. The molecule has 1 aliphatic rings. The smallest absolute Gasteiger partial charge is 0.319 e. The third-order valence-corrected chi connectivity index (χ3v) is 3.80. The van der Waals surface area contributed by atoms with Crippen LogP contribution in [0.4, 0.5) is 16.3 Å². The van der Waals surface area contributed by atoms with Gasteiger partial charge in [-0.15, -0.1) is 0 Å². The van der Waals surface area contributed by atoms with Crippen molar-refractivity contribution in [2.45, 2.75) is 25.4 Å². The van der Waals surface area contributed by atoms with Crippen LogP contribution in [0.25, 0.3) is 0 Å². The van der Waals surface area contributed by atoms with E-state index in [1.165, 1.54) is 6.33 Å². The summed E-state index contributed by atoms with van der Waals surface area (Å²) in [6, 6.07) is 7.07. The van der Waals surface area contributed by atoms with Gasteiger partial charge >= 0.3 is 6.03 Å². The average Bonchev–Trinajstić information content (AvgIpc) is 3.01. The highest BCUT2D eigenvalue weighted by Gasteiger charge is 2.22. The fraction of sp³-hybridized carbons (Fsp3) is 0.250. The molecule has 2 heterocycles. The minimum absolute atomic E-state index is 0.00331. The number of carbonyl (C=O) groups excluding carboxylic acids is 2. The Hall–Kier alpha value is -3.16. The Kier molecular flexibility index (Phi) is 4.55. The van der Waals surface area contributed by atoms with Crippen LogP contribution in [0, 0.1) is 0 Å². The molecule has 1 fully saturated rings. The van der Waals surface area contributed by atoms with Crippen LogP contribution in [0.3, 0.4) is 0 Å². The first kappa shape index (κ1) is 15.7. The number of aromatic nitrogens is 2. The maximum Gasteiger partial charge on any atom is 0.319 e. The van der Waals surface area contributed by atoms with Crippen LogP contribution in [0.5, 0.6) is 0 Å². The van der Waals surface area contributed by atoms with Gasteiger partial charge in [0.15, 0.2) is 0 Å². The second kappa shape index (κ2) is 6.95. The number of hydrogen-bond donors (Lipinski definition) is 4. The van der Waals surface area contributed by atoms with Gasteiger partial charge in [-0.3, -0.25) is 4.79 Å². The van der Waals surface area contributed by atoms with E-state index in [4.69, 9.17) is 5.73 Å². The van der Waals surface area contributed by atoms with E-state index in [9.17, 15) is 9.59 Å². The Labute approximate surface area is 138 Å². The van der Waals surface area contributed by atoms with Gasteiger partial charge in [-0.05, 0) is 24.1 Å². The number of amides is 3. The molecule has 8 heteroatoms. The SMILES string of the molecule is Nc1ncncc1CNC(=O)Nc1cccc(C2CCC(=O)N2)c1. The Balaban J connectivity index is 1.58. The Morgan fingerprint density at radius 3 is 3.04 bits per heavy atom. The zero-order chi connectivity index (χ0) is 16.9. The lowest BCUT2D eigenvalue weighted by molar-refractivity contribution is -0.119. The van der Waals surface area contributed by atoms with Crippen molar-refractivity contribution >= 4 is 23.4 Å². The third-order valence-electron chi connectivity index (χ3n) is 3.80. The van der Waals surface area contributed by atoms with Crippen molar-refractivity contribution in [2.24, 2.45) is 0 Å². The molecule has 1 saturated heterocycles. The molecule has 0 spiro atoms. The maximum absolute atomic E-state index is 12.0. The Bertz CT molecular complexity index is 764. The van der Waals surface area contributed by atoms with Gasteiger partial charge < -0.3 is 21.7 Å². The molecule has 0 radical (unpaired) electrons. The standard InChI is InChI=1S/C16H18N6O2/c17-15-11(7-18-9-20-15)8-19-16(24)21-12-3-1-2-10(6-12)13-4-5-14(23)22-13/h1-3,6-7,9,13H,4-5,8H2,(H,22,23)(H2,17,18,20)(H2,19,21,24). The van der Waals surface area contributed by atoms with Gasteiger partial charge in [0.1, 0.15) is 12.1 Å². The Morgan fingerprint density at radius 2 is 2.29 bits per heavy atom. The molecule has 124 valence electrons. The van der Waals surface area contributed by atoms with Crippen LogP contribution in [0.15, 0.2) is 36.8 Å². The third kappa shape index (κ3) is 3.78. The molecule has 1 unspecified atom stereocenters. The average molecular weight is 326 g/mol. The zero-order valence-corrected chi connectivity index (χ0v) is 13.0. The summed E-state index contributed by atoms with van der Waals surface area (Å²) in [5, 5.41) is 8.38. The van der Waals surface area contributed by atoms with Gasteiger partial charge in [0, 0.05) is 30.4 Å². The Morgan fingerprint density at radius 1 is 1.42 bits per heavy atom. The highest BCUT2D eigenvalue weighted by atomic mass is 16.2. The molecule has 3 amide bonds. The van der Waals surface area contributed by atoms with Gasteiger partial charge in [-0.25, -0.2) is 14.8 Å². The minimum Gasteiger partial charge on any atom is -0.383 e. The van der Waals surface area contributed by atoms with Crippen LogP contribution in [-0.4, -0.2) is 21.9 Å². The number of rotatable bonds is 4. The summed E-state index contributed by atoms with van der Waals surface area (Å²) in [5.41, 5.74) is 7.98. The van der Waals surface area contributed by atoms with Crippen molar-refractivity contribution in [3.63, 3.8) is 0 Å². The van der Waals surface area contributed by atoms with Crippen molar-refractivity contribution in [3.05, 3.63) is 47.9 Å². The quantitative estimate of drug-likeness (QED) is 0.675. The highest BCUT2D eigenvalue weighted by Crippen LogP contribution is 2.25. The monoisotopic (exact) mass is 326 g/mol. The number of nitrogens with zero attached hydrogens (tertiary/aromatic N) is 2. The lowest BCUT2D eigenvalue weighted by Gasteiger charge is -2.13. The van der Waals surface area contributed by atoms with Crippen LogP contribution < -0.4 is 21.7 Å².